The fourth-order valence-electron chi connectivity index (χ4n) is 3.44. The van der Waals surface area contributed by atoms with E-state index in [1.165, 1.54) is 11.3 Å². The molecule has 2 N–H and O–H groups in total. The number of anilines is 1. The van der Waals surface area contributed by atoms with Crippen molar-refractivity contribution in [3.63, 3.8) is 0 Å². The van der Waals surface area contributed by atoms with Crippen molar-refractivity contribution in [2.24, 2.45) is 5.92 Å². The zero-order chi connectivity index (χ0) is 22.6. The lowest BCUT2D eigenvalue weighted by atomic mass is 9.98. The van der Waals surface area contributed by atoms with Crippen LogP contribution in [0.15, 0.2) is 0 Å². The molecule has 1 aromatic heterocycles. The van der Waals surface area contributed by atoms with Crippen LogP contribution in [0, 0.1) is 12.8 Å². The molecule has 0 bridgehead atoms. The molecule has 0 radical (unpaired) electrons. The number of carbonyl (C=O) groups excluding carboxylic acids is 3. The Balaban J connectivity index is 1.52. The molecule has 0 aliphatic carbocycles. The van der Waals surface area contributed by atoms with E-state index in [4.69, 9.17) is 9.47 Å². The van der Waals surface area contributed by atoms with Gasteiger partial charge in [0.15, 0.2) is 5.13 Å². The summed E-state index contributed by atoms with van der Waals surface area (Å²) in [5, 5.41) is 0.776. The van der Waals surface area contributed by atoms with Crippen molar-refractivity contribution in [2.45, 2.75) is 46.1 Å². The summed E-state index contributed by atoms with van der Waals surface area (Å²) in [6, 6.07) is 0. The van der Waals surface area contributed by atoms with Crippen LogP contribution in [-0.4, -0.2) is 72.8 Å². The number of aromatic nitrogens is 1. The van der Waals surface area contributed by atoms with E-state index in [0.717, 1.165) is 18.2 Å². The van der Waals surface area contributed by atoms with Gasteiger partial charge >= 0.3 is 6.09 Å². The minimum Gasteiger partial charge on any atom is -0.444 e. The Hall–Kier alpha value is -2.40. The molecule has 31 heavy (non-hydrogen) atoms. The number of hydrogen-bond acceptors (Lipinski definition) is 8. The summed E-state index contributed by atoms with van der Waals surface area (Å²) in [5.74, 6) is -1.13. The Bertz CT molecular complexity index is 815. The lowest BCUT2D eigenvalue weighted by Gasteiger charge is -2.33. The van der Waals surface area contributed by atoms with Gasteiger partial charge in [0.1, 0.15) is 10.5 Å². The van der Waals surface area contributed by atoms with E-state index in [1.54, 1.807) is 32.6 Å². The number of piperidine rings is 1. The van der Waals surface area contributed by atoms with Gasteiger partial charge in [-0.15, -0.1) is 0 Å². The van der Waals surface area contributed by atoms with Gasteiger partial charge in [0.05, 0.1) is 24.8 Å². The van der Waals surface area contributed by atoms with Gasteiger partial charge in [0, 0.05) is 26.2 Å². The third-order valence-corrected chi connectivity index (χ3v) is 6.23. The molecule has 11 heteroatoms. The highest BCUT2D eigenvalue weighted by atomic mass is 32.1. The summed E-state index contributed by atoms with van der Waals surface area (Å²) in [6.07, 6.45) is 0.911. The quantitative estimate of drug-likeness (QED) is 0.670. The first-order chi connectivity index (χ1) is 14.6. The molecule has 3 rings (SSSR count). The third kappa shape index (κ3) is 6.30. The second kappa shape index (κ2) is 9.82. The van der Waals surface area contributed by atoms with Crippen molar-refractivity contribution in [1.82, 2.24) is 20.7 Å². The first-order valence-electron chi connectivity index (χ1n) is 10.5. The summed E-state index contributed by atoms with van der Waals surface area (Å²) in [7, 11) is 0. The van der Waals surface area contributed by atoms with E-state index >= 15 is 0 Å². The molecule has 2 fully saturated rings. The number of rotatable bonds is 3. The third-order valence-electron chi connectivity index (χ3n) is 5.02. The molecule has 1 atom stereocenters. The molecule has 0 spiro atoms. The number of nitrogens with zero attached hydrogens (tertiary/aromatic N) is 3. The maximum Gasteiger partial charge on any atom is 0.410 e. The summed E-state index contributed by atoms with van der Waals surface area (Å²) in [5.41, 5.74) is 5.02. The predicted octanol–water partition coefficient (Wildman–Crippen LogP) is 1.70. The van der Waals surface area contributed by atoms with Gasteiger partial charge in [-0.3, -0.25) is 20.4 Å². The molecule has 0 saturated carbocycles. The molecular formula is C20H31N5O5S. The second-order valence-corrected chi connectivity index (χ2v) is 9.70. The first-order valence-corrected chi connectivity index (χ1v) is 11.3. The maximum absolute atomic E-state index is 12.6. The first kappa shape index (κ1) is 23.3. The highest BCUT2D eigenvalue weighted by Crippen LogP contribution is 2.26. The van der Waals surface area contributed by atoms with E-state index in [2.05, 4.69) is 20.7 Å². The van der Waals surface area contributed by atoms with Gasteiger partial charge in [-0.2, -0.15) is 0 Å². The van der Waals surface area contributed by atoms with Gasteiger partial charge in [-0.1, -0.05) is 11.3 Å². The molecule has 2 aliphatic heterocycles. The Morgan fingerprint density at radius 2 is 1.87 bits per heavy atom. The average Bonchev–Trinajstić information content (AvgIpc) is 3.13. The standard InChI is InChI=1S/C20H31N5O5S/c1-13-15(31-18(21-13)24-8-10-29-11-9-24)17(27)23-22-16(26)14-6-5-7-25(12-14)19(28)30-20(2,3)4/h14H,5-12H2,1-4H3,(H,22,26)(H,23,27)/t14-/m1/s1. The number of amides is 3. The Morgan fingerprint density at radius 1 is 1.16 bits per heavy atom. The molecule has 3 amide bonds. The largest absolute Gasteiger partial charge is 0.444 e. The molecule has 0 aromatic carbocycles. The normalized spacial score (nSPS) is 19.7. The zero-order valence-electron chi connectivity index (χ0n) is 18.5. The van der Waals surface area contributed by atoms with Crippen LogP contribution >= 0.6 is 11.3 Å². The number of aryl methyl sites for hydroxylation is 1. The number of hydrogen-bond donors (Lipinski definition) is 2. The second-order valence-electron chi connectivity index (χ2n) is 8.72. The fourth-order valence-corrected chi connectivity index (χ4v) is 4.46. The smallest absolute Gasteiger partial charge is 0.410 e. The minimum absolute atomic E-state index is 0.261. The van der Waals surface area contributed by atoms with Crippen molar-refractivity contribution in [3.8, 4) is 0 Å². The van der Waals surface area contributed by atoms with Crippen molar-refractivity contribution >= 4 is 34.4 Å². The van der Waals surface area contributed by atoms with E-state index in [0.29, 0.717) is 43.2 Å². The van der Waals surface area contributed by atoms with E-state index < -0.39 is 23.5 Å². The molecule has 1 aromatic rings. The number of ether oxygens (including phenoxy) is 2. The van der Waals surface area contributed by atoms with Crippen LogP contribution in [0.25, 0.3) is 0 Å². The van der Waals surface area contributed by atoms with Crippen molar-refractivity contribution in [1.29, 1.82) is 0 Å². The maximum atomic E-state index is 12.6. The highest BCUT2D eigenvalue weighted by Gasteiger charge is 2.31. The summed E-state index contributed by atoms with van der Waals surface area (Å²) >= 11 is 1.30. The Labute approximate surface area is 186 Å². The molecule has 10 nitrogen and oxygen atoms in total. The van der Waals surface area contributed by atoms with Crippen molar-refractivity contribution < 1.29 is 23.9 Å². The summed E-state index contributed by atoms with van der Waals surface area (Å²) in [6.45, 7) is 10.8. The van der Waals surface area contributed by atoms with Gasteiger partial charge in [-0.05, 0) is 40.5 Å². The Morgan fingerprint density at radius 3 is 2.55 bits per heavy atom. The van der Waals surface area contributed by atoms with Gasteiger partial charge in [-0.25, -0.2) is 9.78 Å². The van der Waals surface area contributed by atoms with Crippen LogP contribution in [0.1, 0.15) is 49.0 Å². The molecule has 2 saturated heterocycles. The van der Waals surface area contributed by atoms with Crippen LogP contribution in [0.2, 0.25) is 0 Å². The van der Waals surface area contributed by atoms with Gasteiger partial charge in [0.25, 0.3) is 5.91 Å². The average molecular weight is 454 g/mol. The van der Waals surface area contributed by atoms with Gasteiger partial charge < -0.3 is 19.3 Å². The zero-order valence-corrected chi connectivity index (χ0v) is 19.3. The van der Waals surface area contributed by atoms with Crippen LogP contribution < -0.4 is 15.8 Å². The van der Waals surface area contributed by atoms with E-state index in [9.17, 15) is 14.4 Å². The molecule has 2 aliphatic rings. The Kier molecular flexibility index (Phi) is 7.37. The number of hydrazine groups is 1. The lowest BCUT2D eigenvalue weighted by molar-refractivity contribution is -0.127. The predicted molar refractivity (Wildman–Crippen MR) is 116 cm³/mol. The van der Waals surface area contributed by atoms with Crippen molar-refractivity contribution in [3.05, 3.63) is 10.6 Å². The number of morpholine rings is 1. The van der Waals surface area contributed by atoms with Crippen LogP contribution in [0.4, 0.5) is 9.93 Å². The van der Waals surface area contributed by atoms with Crippen LogP contribution in [0.5, 0.6) is 0 Å². The lowest BCUT2D eigenvalue weighted by Crippen LogP contribution is -2.50. The van der Waals surface area contributed by atoms with E-state index in [-0.39, 0.29) is 12.5 Å². The number of carbonyl (C=O) groups is 3. The number of thiazole rings is 1. The number of likely N-dealkylation sites (tertiary alicyclic amines) is 1. The molecule has 172 valence electrons. The number of nitrogens with one attached hydrogen (secondary N) is 2. The van der Waals surface area contributed by atoms with E-state index in [1.807, 2.05) is 0 Å². The molecular weight excluding hydrogens is 422 g/mol. The van der Waals surface area contributed by atoms with Crippen LogP contribution in [-0.2, 0) is 14.3 Å². The monoisotopic (exact) mass is 453 g/mol. The minimum atomic E-state index is -0.590. The SMILES string of the molecule is Cc1nc(N2CCOCC2)sc1C(=O)NNC(=O)[C@@H]1CCCN(C(=O)OC(C)(C)C)C1. The topological polar surface area (TPSA) is 113 Å². The summed E-state index contributed by atoms with van der Waals surface area (Å²) < 4.78 is 10.7. The van der Waals surface area contributed by atoms with Gasteiger partial charge in [0.2, 0.25) is 5.91 Å². The van der Waals surface area contributed by atoms with Crippen molar-refractivity contribution in [2.75, 3.05) is 44.3 Å². The molecule has 3 heterocycles. The highest BCUT2D eigenvalue weighted by molar-refractivity contribution is 7.17. The summed E-state index contributed by atoms with van der Waals surface area (Å²) in [4.78, 5) is 46.0. The fraction of sp³-hybridized carbons (Fsp3) is 0.700. The van der Waals surface area contributed by atoms with Crippen LogP contribution in [0.3, 0.4) is 0 Å². The molecule has 0 unspecified atom stereocenters.